The molecule has 3 aromatic carbocycles. The number of carbonyl (C=O) groups is 2. The summed E-state index contributed by atoms with van der Waals surface area (Å²) in [6, 6.07) is 18.7. The molecule has 5 aromatic rings. The third-order valence-electron chi connectivity index (χ3n) is 7.38. The number of hydrogen-bond donors (Lipinski definition) is 0. The second kappa shape index (κ2) is 10.4. The molecular formula is C32H25FN2O5. The number of carbonyl (C=O) groups excluding carboxylic acids is 2. The van der Waals surface area contributed by atoms with Crippen molar-refractivity contribution in [2.75, 3.05) is 7.11 Å². The summed E-state index contributed by atoms with van der Waals surface area (Å²) in [4.78, 5) is 30.6. The van der Waals surface area contributed by atoms with E-state index in [1.54, 1.807) is 56.1 Å². The summed E-state index contributed by atoms with van der Waals surface area (Å²) < 4.78 is 30.0. The van der Waals surface area contributed by atoms with Crippen molar-refractivity contribution in [3.63, 3.8) is 0 Å². The molecule has 200 valence electrons. The van der Waals surface area contributed by atoms with Crippen molar-refractivity contribution in [1.29, 1.82) is 0 Å². The first-order valence-electron chi connectivity index (χ1n) is 12.9. The summed E-state index contributed by atoms with van der Waals surface area (Å²) in [6.07, 6.45) is 6.24. The highest BCUT2D eigenvalue weighted by Crippen LogP contribution is 2.49. The number of hydrogen-bond acceptors (Lipinski definition) is 7. The van der Waals surface area contributed by atoms with Gasteiger partial charge in [-0.3, -0.25) is 14.6 Å². The molecule has 0 saturated heterocycles. The van der Waals surface area contributed by atoms with Crippen LogP contribution in [0.5, 0.6) is 17.2 Å². The molecule has 0 radical (unpaired) electrons. The smallest absolute Gasteiger partial charge is 0.150 e. The van der Waals surface area contributed by atoms with E-state index in [1.807, 2.05) is 24.3 Å². The van der Waals surface area contributed by atoms with E-state index in [-0.39, 0.29) is 30.2 Å². The molecule has 2 heterocycles. The van der Waals surface area contributed by atoms with Crippen LogP contribution in [0.25, 0.3) is 22.0 Å². The number of ketones is 2. The lowest BCUT2D eigenvalue weighted by molar-refractivity contribution is -0.133. The molecule has 1 saturated carbocycles. The fourth-order valence-corrected chi connectivity index (χ4v) is 4.92. The summed E-state index contributed by atoms with van der Waals surface area (Å²) in [5, 5.41) is 4.58. The minimum atomic E-state index is -0.928. The summed E-state index contributed by atoms with van der Waals surface area (Å²) in [5.41, 5.74) is 2.86. The van der Waals surface area contributed by atoms with Gasteiger partial charge in [0.2, 0.25) is 0 Å². The number of halogens is 1. The fraction of sp³-hybridized carbons (Fsp3) is 0.188. The van der Waals surface area contributed by atoms with Crippen LogP contribution < -0.4 is 9.47 Å². The van der Waals surface area contributed by atoms with Gasteiger partial charge in [-0.25, -0.2) is 4.39 Å². The summed E-state index contributed by atoms with van der Waals surface area (Å²) in [7, 11) is 1.59. The van der Waals surface area contributed by atoms with Crippen molar-refractivity contribution >= 4 is 22.5 Å². The van der Waals surface area contributed by atoms with Gasteiger partial charge in [-0.15, -0.1) is 0 Å². The topological polar surface area (TPSA) is 91.5 Å². The minimum absolute atomic E-state index is 0.0800. The molecule has 7 nitrogen and oxygen atoms in total. The Labute approximate surface area is 229 Å². The quantitative estimate of drug-likeness (QED) is 0.187. The zero-order chi connectivity index (χ0) is 27.7. The maximum absolute atomic E-state index is 13.2. The second-order valence-electron chi connectivity index (χ2n) is 9.95. The number of nitrogens with zero attached hydrogens (tertiary/aromatic N) is 2. The van der Waals surface area contributed by atoms with Crippen LogP contribution in [0, 0.1) is 11.2 Å². The number of pyridine rings is 1. The Balaban J connectivity index is 1.17. The van der Waals surface area contributed by atoms with E-state index in [1.165, 1.54) is 12.1 Å². The van der Waals surface area contributed by atoms with Gasteiger partial charge in [0.15, 0.2) is 11.6 Å². The predicted molar refractivity (Wildman–Crippen MR) is 146 cm³/mol. The monoisotopic (exact) mass is 536 g/mol. The van der Waals surface area contributed by atoms with Crippen molar-refractivity contribution in [2.24, 2.45) is 5.41 Å². The number of fused-ring (bicyclic) bond motifs is 1. The van der Waals surface area contributed by atoms with Crippen LogP contribution in [-0.2, 0) is 22.4 Å². The van der Waals surface area contributed by atoms with Crippen molar-refractivity contribution in [3.8, 4) is 28.4 Å². The van der Waals surface area contributed by atoms with Crippen LogP contribution in [0.1, 0.15) is 24.0 Å². The molecule has 0 amide bonds. The van der Waals surface area contributed by atoms with E-state index >= 15 is 0 Å². The molecule has 0 aliphatic heterocycles. The largest absolute Gasteiger partial charge is 0.496 e. The number of Topliss-reactive ketones (excluding diaryl/α,β-unsaturated/α-hetero) is 2. The molecule has 0 unspecified atom stereocenters. The lowest BCUT2D eigenvalue weighted by Gasteiger charge is -2.14. The highest BCUT2D eigenvalue weighted by molar-refractivity contribution is 6.11. The highest BCUT2D eigenvalue weighted by Gasteiger charge is 2.54. The van der Waals surface area contributed by atoms with Gasteiger partial charge >= 0.3 is 0 Å². The van der Waals surface area contributed by atoms with Gasteiger partial charge in [-0.1, -0.05) is 29.4 Å². The minimum Gasteiger partial charge on any atom is -0.496 e. The number of benzene rings is 3. The van der Waals surface area contributed by atoms with E-state index < -0.39 is 5.41 Å². The van der Waals surface area contributed by atoms with Crippen molar-refractivity contribution in [3.05, 3.63) is 102 Å². The van der Waals surface area contributed by atoms with Crippen LogP contribution in [-0.4, -0.2) is 28.8 Å². The Hall–Kier alpha value is -4.85. The van der Waals surface area contributed by atoms with E-state index in [0.29, 0.717) is 41.2 Å². The number of methoxy groups -OCH3 is 1. The first kappa shape index (κ1) is 25.4. The maximum atomic E-state index is 13.2. The fourth-order valence-electron chi connectivity index (χ4n) is 4.92. The lowest BCUT2D eigenvalue weighted by Crippen LogP contribution is -2.28. The third-order valence-corrected chi connectivity index (χ3v) is 7.38. The summed E-state index contributed by atoms with van der Waals surface area (Å²) in [5.74, 6) is 1.31. The van der Waals surface area contributed by atoms with Crippen LogP contribution >= 0.6 is 0 Å². The first-order valence-corrected chi connectivity index (χ1v) is 12.9. The third kappa shape index (κ3) is 4.96. The average Bonchev–Trinajstić information content (AvgIpc) is 3.62. The van der Waals surface area contributed by atoms with Gasteiger partial charge in [0, 0.05) is 41.6 Å². The SMILES string of the molecule is COc1cc2nccc(Oc3ccc(CC(=O)C4(C(=O)Cc5ccc(F)cc5)CC4)cc3)c2cc1-c1cnoc1. The second-order valence-corrected chi connectivity index (χ2v) is 9.95. The molecular weight excluding hydrogens is 511 g/mol. The van der Waals surface area contributed by atoms with Gasteiger partial charge < -0.3 is 14.0 Å². The molecule has 0 N–H and O–H groups in total. The van der Waals surface area contributed by atoms with E-state index in [0.717, 1.165) is 22.1 Å². The van der Waals surface area contributed by atoms with Crippen LogP contribution in [0.4, 0.5) is 4.39 Å². The van der Waals surface area contributed by atoms with Gasteiger partial charge in [0.05, 0.1) is 24.2 Å². The highest BCUT2D eigenvalue weighted by atomic mass is 19.1. The number of ether oxygens (including phenoxy) is 2. The predicted octanol–water partition coefficient (Wildman–Crippen LogP) is 6.53. The van der Waals surface area contributed by atoms with Gasteiger partial charge in [-0.05, 0) is 60.4 Å². The Bertz CT molecular complexity index is 1690. The Morgan fingerprint density at radius 3 is 2.20 bits per heavy atom. The maximum Gasteiger partial charge on any atom is 0.150 e. The molecule has 1 fully saturated rings. The van der Waals surface area contributed by atoms with Crippen LogP contribution in [0.3, 0.4) is 0 Å². The van der Waals surface area contributed by atoms with Crippen molar-refractivity contribution < 1.29 is 28.0 Å². The number of rotatable bonds is 10. The molecule has 40 heavy (non-hydrogen) atoms. The van der Waals surface area contributed by atoms with Crippen LogP contribution in [0.15, 0.2) is 89.9 Å². The zero-order valence-corrected chi connectivity index (χ0v) is 21.7. The van der Waals surface area contributed by atoms with E-state index in [2.05, 4.69) is 10.1 Å². The first-order chi connectivity index (χ1) is 19.4. The van der Waals surface area contributed by atoms with Crippen LogP contribution in [0.2, 0.25) is 0 Å². The molecule has 6 rings (SSSR count). The van der Waals surface area contributed by atoms with E-state index in [4.69, 9.17) is 14.0 Å². The molecule has 8 heteroatoms. The molecule has 0 spiro atoms. The number of aromatic nitrogens is 2. The van der Waals surface area contributed by atoms with Crippen molar-refractivity contribution in [2.45, 2.75) is 25.7 Å². The molecule has 0 bridgehead atoms. The Morgan fingerprint density at radius 1 is 0.925 bits per heavy atom. The Morgan fingerprint density at radius 2 is 1.60 bits per heavy atom. The molecule has 2 aromatic heterocycles. The Kier molecular flexibility index (Phi) is 6.59. The average molecular weight is 537 g/mol. The van der Waals surface area contributed by atoms with Crippen molar-refractivity contribution in [1.82, 2.24) is 10.1 Å². The van der Waals surface area contributed by atoms with Gasteiger partial charge in [0.25, 0.3) is 0 Å². The van der Waals surface area contributed by atoms with Gasteiger partial charge in [-0.2, -0.15) is 0 Å². The molecule has 1 aliphatic carbocycles. The standard InChI is InChI=1S/C32H25FN2O5/c1-38-29-17-27-26(16-25(29)22-18-35-39-19-22)28(10-13-34-27)40-24-8-4-21(5-9-24)15-31(37)32(11-12-32)30(36)14-20-2-6-23(33)7-3-20/h2-10,13,16-19H,11-12,14-15H2,1H3. The molecule has 0 atom stereocenters. The molecule has 1 aliphatic rings. The van der Waals surface area contributed by atoms with Gasteiger partial charge in [0.1, 0.15) is 29.3 Å². The van der Waals surface area contributed by atoms with E-state index in [9.17, 15) is 14.0 Å². The normalized spacial score (nSPS) is 13.7. The lowest BCUT2D eigenvalue weighted by atomic mass is 9.88. The zero-order valence-electron chi connectivity index (χ0n) is 21.7. The summed E-state index contributed by atoms with van der Waals surface area (Å²) >= 11 is 0. The summed E-state index contributed by atoms with van der Waals surface area (Å²) in [6.45, 7) is 0.